The molecule has 0 unspecified atom stereocenters. The van der Waals surface area contributed by atoms with Gasteiger partial charge in [0.2, 0.25) is 0 Å². The molecule has 2 saturated carbocycles. The average molecular weight is 468 g/mol. The number of halogens is 1. The molecule has 1 nitrogen and oxygen atoms in total. The van der Waals surface area contributed by atoms with E-state index < -0.39 is 8.32 Å². The number of rotatable bonds is 7. The van der Waals surface area contributed by atoms with E-state index in [1.54, 1.807) is 5.57 Å². The highest BCUT2D eigenvalue weighted by Crippen LogP contribution is 2.59. The van der Waals surface area contributed by atoms with Crippen LogP contribution in [0.5, 0.6) is 0 Å². The fourth-order valence-corrected chi connectivity index (χ4v) is 9.86. The van der Waals surface area contributed by atoms with E-state index in [0.29, 0.717) is 11.3 Å². The monoisotopic (exact) mass is 466 g/mol. The Balaban J connectivity index is 2.04. The molecule has 0 aliphatic heterocycles. The molecule has 0 heterocycles. The highest BCUT2D eigenvalue weighted by atomic mass is 79.9. The van der Waals surface area contributed by atoms with Crippen LogP contribution in [0, 0.1) is 35.0 Å². The summed E-state index contributed by atoms with van der Waals surface area (Å²) in [7, 11) is -1.62. The van der Waals surface area contributed by atoms with Crippen LogP contribution in [0.15, 0.2) is 10.6 Å². The Kier molecular flexibility index (Phi) is 8.52. The molecule has 0 bridgehead atoms. The van der Waals surface area contributed by atoms with Crippen molar-refractivity contribution in [3.8, 4) is 11.8 Å². The van der Waals surface area contributed by atoms with Crippen molar-refractivity contribution in [2.45, 2.75) is 111 Å². The topological polar surface area (TPSA) is 9.23 Å². The summed E-state index contributed by atoms with van der Waals surface area (Å²) in [5, 5.41) is 0. The van der Waals surface area contributed by atoms with Crippen LogP contribution in [0.1, 0.15) is 87.0 Å². The lowest BCUT2D eigenvalue weighted by Gasteiger charge is -2.44. The van der Waals surface area contributed by atoms with E-state index in [2.05, 4.69) is 81.2 Å². The molecule has 0 aromatic rings. The van der Waals surface area contributed by atoms with Gasteiger partial charge in [0.05, 0.1) is 0 Å². The van der Waals surface area contributed by atoms with Gasteiger partial charge in [-0.2, -0.15) is 0 Å². The third-order valence-electron chi connectivity index (χ3n) is 8.08. The van der Waals surface area contributed by atoms with Crippen molar-refractivity contribution < 1.29 is 4.43 Å². The maximum atomic E-state index is 6.67. The Bertz CT molecular complexity index is 602. The summed E-state index contributed by atoms with van der Waals surface area (Å²) in [6.45, 7) is 16.2. The van der Waals surface area contributed by atoms with Gasteiger partial charge < -0.3 is 4.43 Å². The van der Waals surface area contributed by atoms with Gasteiger partial charge in [-0.1, -0.05) is 62.0 Å². The minimum absolute atomic E-state index is 0.313. The molecule has 0 radical (unpaired) electrons. The van der Waals surface area contributed by atoms with Crippen molar-refractivity contribution in [1.29, 1.82) is 0 Å². The van der Waals surface area contributed by atoms with Gasteiger partial charge in [-0.3, -0.25) is 0 Å². The van der Waals surface area contributed by atoms with Gasteiger partial charge in [0, 0.05) is 6.42 Å². The second-order valence-corrected chi connectivity index (χ2v) is 15.3. The zero-order valence-corrected chi connectivity index (χ0v) is 22.0. The number of hydrogen-bond donors (Lipinski definition) is 0. The molecule has 160 valence electrons. The Hall–Kier alpha value is -0.0431. The lowest BCUT2D eigenvalue weighted by molar-refractivity contribution is 0.0993. The van der Waals surface area contributed by atoms with Crippen LogP contribution in [0.25, 0.3) is 0 Å². The van der Waals surface area contributed by atoms with Crippen LogP contribution >= 0.6 is 15.9 Å². The number of fused-ring (bicyclic) bond motifs is 1. The SMILES string of the molecule is CC[Si](CC)(CC)OC(C)(C)C#CC[C@@H](C)[C@H]1CC[C@H]2/C(=C/Br)CCC[C@]12C. The van der Waals surface area contributed by atoms with Crippen LogP contribution < -0.4 is 0 Å². The van der Waals surface area contributed by atoms with Crippen molar-refractivity contribution in [1.82, 2.24) is 0 Å². The van der Waals surface area contributed by atoms with Gasteiger partial charge in [0.1, 0.15) is 5.60 Å². The Morgan fingerprint density at radius 1 is 1.25 bits per heavy atom. The normalized spacial score (nSPS) is 30.6. The van der Waals surface area contributed by atoms with Gasteiger partial charge in [-0.05, 0) is 92.2 Å². The molecule has 2 aliphatic carbocycles. The van der Waals surface area contributed by atoms with E-state index in [9.17, 15) is 0 Å². The molecule has 4 atom stereocenters. The van der Waals surface area contributed by atoms with E-state index in [-0.39, 0.29) is 5.60 Å². The predicted molar refractivity (Wildman–Crippen MR) is 129 cm³/mol. The van der Waals surface area contributed by atoms with Gasteiger partial charge in [0.15, 0.2) is 8.32 Å². The zero-order valence-electron chi connectivity index (χ0n) is 19.5. The molecule has 0 N–H and O–H groups in total. The summed E-state index contributed by atoms with van der Waals surface area (Å²) in [6.07, 6.45) is 7.75. The predicted octanol–water partition coefficient (Wildman–Crippen LogP) is 8.31. The molecule has 2 rings (SSSR count). The van der Waals surface area contributed by atoms with Gasteiger partial charge in [-0.15, -0.1) is 5.92 Å². The summed E-state index contributed by atoms with van der Waals surface area (Å²) in [5.74, 6) is 9.33. The third kappa shape index (κ3) is 5.16. The zero-order chi connectivity index (χ0) is 21.0. The first-order valence-corrected chi connectivity index (χ1v) is 15.1. The van der Waals surface area contributed by atoms with Crippen LogP contribution in [-0.2, 0) is 4.43 Å². The van der Waals surface area contributed by atoms with Gasteiger partial charge in [-0.25, -0.2) is 0 Å². The van der Waals surface area contributed by atoms with Crippen molar-refractivity contribution in [3.63, 3.8) is 0 Å². The summed E-state index contributed by atoms with van der Waals surface area (Å²) in [5.41, 5.74) is 1.82. The van der Waals surface area contributed by atoms with E-state index in [4.69, 9.17) is 4.43 Å². The highest BCUT2D eigenvalue weighted by molar-refractivity contribution is 9.11. The van der Waals surface area contributed by atoms with E-state index in [1.807, 2.05) is 0 Å². The summed E-state index contributed by atoms with van der Waals surface area (Å²) in [4.78, 5) is 2.23. The molecule has 2 fully saturated rings. The second-order valence-electron chi connectivity index (χ2n) is 10.1. The smallest absolute Gasteiger partial charge is 0.194 e. The first kappa shape index (κ1) is 24.2. The summed E-state index contributed by atoms with van der Waals surface area (Å²) < 4.78 is 6.67. The van der Waals surface area contributed by atoms with Gasteiger partial charge >= 0.3 is 0 Å². The van der Waals surface area contributed by atoms with E-state index in [0.717, 1.165) is 18.3 Å². The second kappa shape index (κ2) is 9.84. The minimum Gasteiger partial charge on any atom is -0.401 e. The lowest BCUT2D eigenvalue weighted by atomic mass is 9.61. The molecule has 0 saturated heterocycles. The molecular formula is C25H43BrOSi. The fraction of sp³-hybridized carbons (Fsp3) is 0.840. The third-order valence-corrected chi connectivity index (χ3v) is 13.5. The molecule has 2 aliphatic rings. The minimum atomic E-state index is -1.62. The van der Waals surface area contributed by atoms with Crippen molar-refractivity contribution in [2.24, 2.45) is 23.2 Å². The maximum Gasteiger partial charge on any atom is 0.194 e. The Morgan fingerprint density at radius 2 is 1.89 bits per heavy atom. The number of hydrogen-bond acceptors (Lipinski definition) is 1. The molecule has 0 aromatic heterocycles. The maximum absolute atomic E-state index is 6.67. The Morgan fingerprint density at radius 3 is 2.46 bits per heavy atom. The van der Waals surface area contributed by atoms with Crippen LogP contribution in [0.2, 0.25) is 18.1 Å². The van der Waals surface area contributed by atoms with Crippen LogP contribution in [-0.4, -0.2) is 13.9 Å². The highest BCUT2D eigenvalue weighted by Gasteiger charge is 2.50. The van der Waals surface area contributed by atoms with Gasteiger partial charge in [0.25, 0.3) is 0 Å². The molecule has 0 aromatic carbocycles. The molecule has 28 heavy (non-hydrogen) atoms. The van der Waals surface area contributed by atoms with Crippen LogP contribution in [0.3, 0.4) is 0 Å². The van der Waals surface area contributed by atoms with Crippen molar-refractivity contribution in [3.05, 3.63) is 10.6 Å². The molecule has 0 amide bonds. The first-order valence-electron chi connectivity index (χ1n) is 11.7. The standard InChI is InChI=1S/C25H43BrOSi/c1-8-28(9-2,10-3)27-24(5,6)17-11-13-20(4)22-15-16-23-21(19-26)14-12-18-25(22,23)7/h19-20,22-23H,8-10,12-16,18H2,1-7H3/b21-19+/t20-,22-,23+,25-/m1/s1. The van der Waals surface area contributed by atoms with Crippen molar-refractivity contribution >= 4 is 24.2 Å². The van der Waals surface area contributed by atoms with E-state index in [1.165, 1.54) is 50.2 Å². The molecule has 0 spiro atoms. The summed E-state index contributed by atoms with van der Waals surface area (Å²) >= 11 is 3.64. The fourth-order valence-electron chi connectivity index (χ4n) is 6.25. The first-order chi connectivity index (χ1) is 13.2. The molecular weight excluding hydrogens is 424 g/mol. The quantitative estimate of drug-likeness (QED) is 0.270. The van der Waals surface area contributed by atoms with Crippen molar-refractivity contribution in [2.75, 3.05) is 0 Å². The van der Waals surface area contributed by atoms with E-state index >= 15 is 0 Å². The Labute approximate surface area is 184 Å². The molecule has 3 heteroatoms. The summed E-state index contributed by atoms with van der Waals surface area (Å²) in [6, 6.07) is 3.56. The van der Waals surface area contributed by atoms with Crippen LogP contribution in [0.4, 0.5) is 0 Å². The number of allylic oxidation sites excluding steroid dienone is 1. The lowest BCUT2D eigenvalue weighted by Crippen LogP contribution is -2.43. The largest absolute Gasteiger partial charge is 0.401 e. The average Bonchev–Trinajstić information content (AvgIpc) is 3.03.